The number of nitrogens with two attached hydrogens (primary N) is 1. The second-order valence-electron chi connectivity index (χ2n) is 4.58. The lowest BCUT2D eigenvalue weighted by Crippen LogP contribution is -2.16. The first-order valence-electron chi connectivity index (χ1n) is 5.87. The molecule has 18 heavy (non-hydrogen) atoms. The third kappa shape index (κ3) is 3.26. The summed E-state index contributed by atoms with van der Waals surface area (Å²) in [5.41, 5.74) is 10.3. The fourth-order valence-corrected chi connectivity index (χ4v) is 2.49. The molecule has 0 amide bonds. The summed E-state index contributed by atoms with van der Waals surface area (Å²) < 4.78 is 1.02. The zero-order valence-electron chi connectivity index (χ0n) is 10.7. The second kappa shape index (κ2) is 5.44. The first-order chi connectivity index (χ1) is 8.54. The van der Waals surface area contributed by atoms with Crippen molar-refractivity contribution in [3.63, 3.8) is 0 Å². The van der Waals surface area contributed by atoms with Crippen LogP contribution in [0.4, 0.5) is 11.4 Å². The monoisotopic (exact) mass is 304 g/mol. The van der Waals surface area contributed by atoms with Crippen LogP contribution in [-0.4, -0.2) is 7.05 Å². The van der Waals surface area contributed by atoms with Gasteiger partial charge in [-0.05, 0) is 42.8 Å². The standard InChI is InChI=1S/C15H17BrN2/c1-11-3-5-15(6-4-11)18(2)10-12-7-13(16)9-14(17)8-12/h3-9H,10,17H2,1-2H3. The Bertz CT molecular complexity index is 514. The van der Waals surface area contributed by atoms with Crippen LogP contribution in [0.5, 0.6) is 0 Å². The predicted molar refractivity (Wildman–Crippen MR) is 81.8 cm³/mol. The van der Waals surface area contributed by atoms with E-state index < -0.39 is 0 Å². The third-order valence-electron chi connectivity index (χ3n) is 2.87. The van der Waals surface area contributed by atoms with Crippen molar-refractivity contribution in [2.45, 2.75) is 13.5 Å². The molecule has 2 N–H and O–H groups in total. The maximum Gasteiger partial charge on any atom is 0.0427 e. The number of nitrogens with zero attached hydrogens (tertiary/aromatic N) is 1. The fraction of sp³-hybridized carbons (Fsp3) is 0.200. The van der Waals surface area contributed by atoms with Crippen molar-refractivity contribution in [3.05, 3.63) is 58.1 Å². The Morgan fingerprint density at radius 2 is 1.78 bits per heavy atom. The van der Waals surface area contributed by atoms with Crippen molar-refractivity contribution in [1.82, 2.24) is 0 Å². The summed E-state index contributed by atoms with van der Waals surface area (Å²) in [6.45, 7) is 2.94. The molecular weight excluding hydrogens is 288 g/mol. The van der Waals surface area contributed by atoms with Crippen LogP contribution in [0.3, 0.4) is 0 Å². The van der Waals surface area contributed by atoms with Crippen molar-refractivity contribution >= 4 is 27.3 Å². The van der Waals surface area contributed by atoms with Gasteiger partial charge in [0.2, 0.25) is 0 Å². The predicted octanol–water partition coefficient (Wildman–Crippen LogP) is 3.98. The van der Waals surface area contributed by atoms with Crippen molar-refractivity contribution < 1.29 is 0 Å². The van der Waals surface area contributed by atoms with Crippen LogP contribution in [0.25, 0.3) is 0 Å². The van der Waals surface area contributed by atoms with Crippen molar-refractivity contribution in [3.8, 4) is 0 Å². The molecule has 2 aromatic carbocycles. The molecule has 2 nitrogen and oxygen atoms in total. The van der Waals surface area contributed by atoms with E-state index in [0.29, 0.717) is 0 Å². The number of hydrogen-bond acceptors (Lipinski definition) is 2. The molecule has 0 bridgehead atoms. The highest BCUT2D eigenvalue weighted by molar-refractivity contribution is 9.10. The maximum absolute atomic E-state index is 5.85. The van der Waals surface area contributed by atoms with Gasteiger partial charge in [-0.25, -0.2) is 0 Å². The Morgan fingerprint density at radius 3 is 2.39 bits per heavy atom. The van der Waals surface area contributed by atoms with Gasteiger partial charge >= 0.3 is 0 Å². The Hall–Kier alpha value is -1.48. The lowest BCUT2D eigenvalue weighted by Gasteiger charge is -2.20. The molecule has 0 aliphatic rings. The second-order valence-corrected chi connectivity index (χ2v) is 5.50. The van der Waals surface area contributed by atoms with E-state index in [0.717, 1.165) is 16.7 Å². The smallest absolute Gasteiger partial charge is 0.0427 e. The molecule has 0 aliphatic heterocycles. The van der Waals surface area contributed by atoms with Gasteiger partial charge in [-0.3, -0.25) is 0 Å². The van der Waals surface area contributed by atoms with E-state index in [9.17, 15) is 0 Å². The van der Waals surface area contributed by atoms with Crippen LogP contribution in [0.2, 0.25) is 0 Å². The lowest BCUT2D eigenvalue weighted by molar-refractivity contribution is 0.922. The summed E-state index contributed by atoms with van der Waals surface area (Å²) in [4.78, 5) is 2.21. The van der Waals surface area contributed by atoms with E-state index in [1.807, 2.05) is 12.1 Å². The number of nitrogen functional groups attached to an aromatic ring is 1. The van der Waals surface area contributed by atoms with Crippen molar-refractivity contribution in [2.75, 3.05) is 17.7 Å². The first-order valence-corrected chi connectivity index (χ1v) is 6.66. The van der Waals surface area contributed by atoms with Crippen molar-refractivity contribution in [2.24, 2.45) is 0 Å². The molecule has 3 heteroatoms. The fourth-order valence-electron chi connectivity index (χ4n) is 1.93. The quantitative estimate of drug-likeness (QED) is 0.869. The zero-order valence-corrected chi connectivity index (χ0v) is 12.2. The zero-order chi connectivity index (χ0) is 13.1. The normalized spacial score (nSPS) is 10.4. The Balaban J connectivity index is 2.15. The first kappa shape index (κ1) is 13.0. The van der Waals surface area contributed by atoms with Crippen LogP contribution >= 0.6 is 15.9 Å². The van der Waals surface area contributed by atoms with Gasteiger partial charge in [0.05, 0.1) is 0 Å². The molecular formula is C15H17BrN2. The molecule has 0 radical (unpaired) electrons. The highest BCUT2D eigenvalue weighted by Crippen LogP contribution is 2.21. The number of hydrogen-bond donors (Lipinski definition) is 1. The van der Waals surface area contributed by atoms with Gasteiger partial charge in [-0.15, -0.1) is 0 Å². The minimum Gasteiger partial charge on any atom is -0.399 e. The van der Waals surface area contributed by atoms with E-state index in [2.05, 4.69) is 65.1 Å². The maximum atomic E-state index is 5.85. The highest BCUT2D eigenvalue weighted by Gasteiger charge is 2.03. The molecule has 94 valence electrons. The Kier molecular flexibility index (Phi) is 3.92. The van der Waals surface area contributed by atoms with Crippen LogP contribution in [0.15, 0.2) is 46.9 Å². The molecule has 0 unspecified atom stereocenters. The molecule has 0 atom stereocenters. The van der Waals surface area contributed by atoms with Gasteiger partial charge in [0.1, 0.15) is 0 Å². The molecule has 0 aliphatic carbocycles. The minimum atomic E-state index is 0.789. The molecule has 0 saturated carbocycles. The summed E-state index contributed by atoms with van der Waals surface area (Å²) in [7, 11) is 2.09. The van der Waals surface area contributed by atoms with E-state index >= 15 is 0 Å². The van der Waals surface area contributed by atoms with Gasteiger partial charge in [-0.1, -0.05) is 33.6 Å². The van der Waals surface area contributed by atoms with Gasteiger partial charge in [0.25, 0.3) is 0 Å². The lowest BCUT2D eigenvalue weighted by atomic mass is 10.1. The Morgan fingerprint density at radius 1 is 1.11 bits per heavy atom. The van der Waals surface area contributed by atoms with Gasteiger partial charge in [0, 0.05) is 29.4 Å². The summed E-state index contributed by atoms with van der Waals surface area (Å²) in [6.07, 6.45) is 0. The summed E-state index contributed by atoms with van der Waals surface area (Å²) in [5.74, 6) is 0. The number of rotatable bonds is 3. The SMILES string of the molecule is Cc1ccc(N(C)Cc2cc(N)cc(Br)c2)cc1. The van der Waals surface area contributed by atoms with E-state index in [4.69, 9.17) is 5.73 Å². The van der Waals surface area contributed by atoms with E-state index in [-0.39, 0.29) is 0 Å². The Labute approximate surface area is 117 Å². The molecule has 0 aromatic heterocycles. The van der Waals surface area contributed by atoms with Gasteiger partial charge in [-0.2, -0.15) is 0 Å². The molecule has 0 heterocycles. The average molecular weight is 305 g/mol. The topological polar surface area (TPSA) is 29.3 Å². The molecule has 2 aromatic rings. The number of aryl methyl sites for hydroxylation is 1. The average Bonchev–Trinajstić information content (AvgIpc) is 2.28. The van der Waals surface area contributed by atoms with Crippen molar-refractivity contribution in [1.29, 1.82) is 0 Å². The largest absolute Gasteiger partial charge is 0.399 e. The molecule has 0 spiro atoms. The van der Waals surface area contributed by atoms with Gasteiger partial charge in [0.15, 0.2) is 0 Å². The van der Waals surface area contributed by atoms with Crippen LogP contribution in [0, 0.1) is 6.92 Å². The number of benzene rings is 2. The minimum absolute atomic E-state index is 0.789. The van der Waals surface area contributed by atoms with Crippen LogP contribution < -0.4 is 10.6 Å². The molecule has 0 saturated heterocycles. The van der Waals surface area contributed by atoms with Gasteiger partial charge < -0.3 is 10.6 Å². The van der Waals surface area contributed by atoms with Crippen LogP contribution in [0.1, 0.15) is 11.1 Å². The van der Waals surface area contributed by atoms with E-state index in [1.54, 1.807) is 0 Å². The number of halogens is 1. The highest BCUT2D eigenvalue weighted by atomic mass is 79.9. The summed E-state index contributed by atoms with van der Waals surface area (Å²) >= 11 is 3.47. The molecule has 2 rings (SSSR count). The summed E-state index contributed by atoms with van der Waals surface area (Å²) in [5, 5.41) is 0. The van der Waals surface area contributed by atoms with Crippen LogP contribution in [-0.2, 0) is 6.54 Å². The molecule has 0 fully saturated rings. The third-order valence-corrected chi connectivity index (χ3v) is 3.33. The number of anilines is 2. The summed E-state index contributed by atoms with van der Waals surface area (Å²) in [6, 6.07) is 14.5. The van der Waals surface area contributed by atoms with E-state index in [1.165, 1.54) is 16.8 Å².